The van der Waals surface area contributed by atoms with E-state index in [1.807, 2.05) is 49.7 Å². The number of halogens is 1. The van der Waals surface area contributed by atoms with Gasteiger partial charge in [-0.25, -0.2) is 0 Å². The number of hydrogen-bond donors (Lipinski definition) is 1. The van der Waals surface area contributed by atoms with Crippen molar-refractivity contribution in [3.05, 3.63) is 63.4 Å². The van der Waals surface area contributed by atoms with Gasteiger partial charge < -0.3 is 14.6 Å². The van der Waals surface area contributed by atoms with Gasteiger partial charge in [0.2, 0.25) is 5.91 Å². The van der Waals surface area contributed by atoms with Crippen LogP contribution in [0.2, 0.25) is 0 Å². The van der Waals surface area contributed by atoms with Crippen LogP contribution in [0, 0.1) is 13.8 Å². The van der Waals surface area contributed by atoms with E-state index in [-0.39, 0.29) is 11.7 Å². The van der Waals surface area contributed by atoms with E-state index in [2.05, 4.69) is 57.4 Å². The number of ether oxygens (including phenoxy) is 1. The second-order valence-corrected chi connectivity index (χ2v) is 9.52. The van der Waals surface area contributed by atoms with Crippen LogP contribution in [0.5, 0.6) is 5.75 Å². The second kappa shape index (κ2) is 10.3. The van der Waals surface area contributed by atoms with Gasteiger partial charge in [-0.1, -0.05) is 37.7 Å². The number of anilines is 1. The molecule has 0 bridgehead atoms. The number of hydrogen-bond acceptors (Lipinski definition) is 5. The Balaban J connectivity index is 1.54. The van der Waals surface area contributed by atoms with E-state index in [4.69, 9.17) is 4.74 Å². The highest BCUT2D eigenvalue weighted by Gasteiger charge is 2.13. The summed E-state index contributed by atoms with van der Waals surface area (Å²) in [5.74, 6) is 2.12. The molecule has 0 fully saturated rings. The monoisotopic (exact) mass is 502 g/mol. The van der Waals surface area contributed by atoms with Crippen LogP contribution >= 0.6 is 27.7 Å². The van der Waals surface area contributed by atoms with Gasteiger partial charge in [-0.05, 0) is 76.7 Å². The minimum atomic E-state index is -0.0972. The van der Waals surface area contributed by atoms with Crippen LogP contribution in [-0.2, 0) is 18.4 Å². The average molecular weight is 503 g/mol. The molecule has 1 aromatic heterocycles. The summed E-state index contributed by atoms with van der Waals surface area (Å²) in [7, 11) is 1.88. The fraction of sp³-hybridized carbons (Fsp3) is 0.348. The van der Waals surface area contributed by atoms with Crippen LogP contribution in [0.15, 0.2) is 46.0 Å². The number of carbonyl (C=O) groups excluding carboxylic acids is 1. The molecule has 31 heavy (non-hydrogen) atoms. The molecular weight excluding hydrogens is 476 g/mol. The molecule has 6 nitrogen and oxygen atoms in total. The van der Waals surface area contributed by atoms with Crippen molar-refractivity contribution in [2.24, 2.45) is 7.05 Å². The third-order valence-corrected chi connectivity index (χ3v) is 6.71. The maximum atomic E-state index is 12.4. The molecule has 0 aliphatic heterocycles. The minimum Gasteiger partial charge on any atom is -0.486 e. The summed E-state index contributed by atoms with van der Waals surface area (Å²) in [6, 6.07) is 12.1. The van der Waals surface area contributed by atoms with Crippen LogP contribution in [0.3, 0.4) is 0 Å². The quantitative estimate of drug-likeness (QED) is 0.404. The maximum Gasteiger partial charge on any atom is 0.234 e. The first kappa shape index (κ1) is 23.3. The Kier molecular flexibility index (Phi) is 7.78. The molecule has 164 valence electrons. The summed E-state index contributed by atoms with van der Waals surface area (Å²) in [6.45, 7) is 8.70. The molecule has 2 aromatic carbocycles. The van der Waals surface area contributed by atoms with Crippen molar-refractivity contribution in [2.75, 3.05) is 11.1 Å². The van der Waals surface area contributed by atoms with Crippen LogP contribution in [0.25, 0.3) is 0 Å². The molecule has 0 radical (unpaired) electrons. The SMILES string of the molecule is Cc1cc(Br)c(NC(=O)CSc2nnc(COc3ccc(C(C)C)cc3)n2C)cc1C. The third kappa shape index (κ3) is 6.11. The van der Waals surface area contributed by atoms with Crippen LogP contribution in [0.1, 0.15) is 42.3 Å². The highest BCUT2D eigenvalue weighted by molar-refractivity contribution is 9.10. The maximum absolute atomic E-state index is 12.4. The largest absolute Gasteiger partial charge is 0.486 e. The van der Waals surface area contributed by atoms with Crippen molar-refractivity contribution in [1.82, 2.24) is 14.8 Å². The normalized spacial score (nSPS) is 11.1. The Labute approximate surface area is 195 Å². The van der Waals surface area contributed by atoms with Gasteiger partial charge in [0.25, 0.3) is 0 Å². The number of aryl methyl sites for hydroxylation is 2. The number of nitrogens with zero attached hydrogens (tertiary/aromatic N) is 3. The van der Waals surface area contributed by atoms with Crippen molar-refractivity contribution in [3.63, 3.8) is 0 Å². The van der Waals surface area contributed by atoms with E-state index < -0.39 is 0 Å². The first-order valence-corrected chi connectivity index (χ1v) is 11.8. The summed E-state index contributed by atoms with van der Waals surface area (Å²) in [5.41, 5.74) is 4.34. The van der Waals surface area contributed by atoms with Gasteiger partial charge in [0, 0.05) is 11.5 Å². The van der Waals surface area contributed by atoms with E-state index >= 15 is 0 Å². The van der Waals surface area contributed by atoms with Crippen molar-refractivity contribution in [2.45, 2.75) is 45.4 Å². The Morgan fingerprint density at radius 3 is 2.52 bits per heavy atom. The van der Waals surface area contributed by atoms with Crippen LogP contribution in [-0.4, -0.2) is 26.4 Å². The summed E-state index contributed by atoms with van der Waals surface area (Å²) in [5, 5.41) is 12.0. The zero-order valence-corrected chi connectivity index (χ0v) is 20.8. The van der Waals surface area contributed by atoms with Crippen LogP contribution < -0.4 is 10.1 Å². The standard InChI is InChI=1S/C23H27BrN4O2S/c1-14(2)17-6-8-18(9-7-17)30-12-21-26-27-23(28(21)5)31-13-22(29)25-20-11-16(4)15(3)10-19(20)24/h6-11,14H,12-13H2,1-5H3,(H,25,29). The van der Waals surface area contributed by atoms with Crippen molar-refractivity contribution in [1.29, 1.82) is 0 Å². The van der Waals surface area contributed by atoms with Gasteiger partial charge >= 0.3 is 0 Å². The Bertz CT molecular complexity index is 1060. The number of carbonyl (C=O) groups is 1. The molecule has 0 atom stereocenters. The summed E-state index contributed by atoms with van der Waals surface area (Å²) >= 11 is 4.85. The minimum absolute atomic E-state index is 0.0972. The molecule has 1 heterocycles. The molecule has 0 aliphatic rings. The molecule has 0 unspecified atom stereocenters. The molecule has 3 aromatic rings. The molecule has 1 N–H and O–H groups in total. The molecule has 1 amide bonds. The van der Waals surface area contributed by atoms with Gasteiger partial charge in [0.05, 0.1) is 11.4 Å². The van der Waals surface area contributed by atoms with E-state index in [9.17, 15) is 4.79 Å². The Hall–Kier alpha value is -2.32. The Morgan fingerprint density at radius 1 is 1.16 bits per heavy atom. The van der Waals surface area contributed by atoms with Crippen molar-refractivity contribution < 1.29 is 9.53 Å². The summed E-state index contributed by atoms with van der Waals surface area (Å²) < 4.78 is 8.56. The lowest BCUT2D eigenvalue weighted by molar-refractivity contribution is -0.113. The first-order valence-electron chi connectivity index (χ1n) is 10.0. The number of rotatable bonds is 8. The smallest absolute Gasteiger partial charge is 0.234 e. The number of amides is 1. The number of aromatic nitrogens is 3. The van der Waals surface area contributed by atoms with E-state index in [0.717, 1.165) is 21.5 Å². The first-order chi connectivity index (χ1) is 14.7. The average Bonchev–Trinajstić information content (AvgIpc) is 3.08. The van der Waals surface area contributed by atoms with Gasteiger partial charge in [-0.15, -0.1) is 10.2 Å². The zero-order valence-electron chi connectivity index (χ0n) is 18.4. The van der Waals surface area contributed by atoms with Crippen molar-refractivity contribution >= 4 is 39.3 Å². The number of nitrogens with one attached hydrogen (secondary N) is 1. The van der Waals surface area contributed by atoms with E-state index in [1.54, 1.807) is 0 Å². The van der Waals surface area contributed by atoms with E-state index in [0.29, 0.717) is 23.5 Å². The highest BCUT2D eigenvalue weighted by Crippen LogP contribution is 2.27. The van der Waals surface area contributed by atoms with Gasteiger partial charge in [-0.2, -0.15) is 0 Å². The summed E-state index contributed by atoms with van der Waals surface area (Å²) in [6.07, 6.45) is 0. The predicted molar refractivity (Wildman–Crippen MR) is 129 cm³/mol. The molecule has 0 spiro atoms. The highest BCUT2D eigenvalue weighted by atomic mass is 79.9. The number of benzene rings is 2. The molecule has 3 rings (SSSR count). The Morgan fingerprint density at radius 2 is 1.84 bits per heavy atom. The molecule has 0 aliphatic carbocycles. The fourth-order valence-corrected chi connectivity index (χ4v) is 4.17. The topological polar surface area (TPSA) is 69.0 Å². The van der Waals surface area contributed by atoms with Gasteiger partial charge in [0.1, 0.15) is 12.4 Å². The van der Waals surface area contributed by atoms with Crippen LogP contribution in [0.4, 0.5) is 5.69 Å². The van der Waals surface area contributed by atoms with Crippen molar-refractivity contribution in [3.8, 4) is 5.75 Å². The third-order valence-electron chi connectivity index (χ3n) is 5.03. The zero-order chi connectivity index (χ0) is 22.5. The molecule has 0 saturated carbocycles. The predicted octanol–water partition coefficient (Wildman–Crippen LogP) is 5.63. The lowest BCUT2D eigenvalue weighted by Gasteiger charge is -2.10. The molecule has 8 heteroatoms. The van der Waals surface area contributed by atoms with Gasteiger partial charge in [0.15, 0.2) is 11.0 Å². The lowest BCUT2D eigenvalue weighted by atomic mass is 10.0. The number of thioether (sulfide) groups is 1. The fourth-order valence-electron chi connectivity index (χ4n) is 2.89. The second-order valence-electron chi connectivity index (χ2n) is 7.72. The summed E-state index contributed by atoms with van der Waals surface area (Å²) in [4.78, 5) is 12.4. The van der Waals surface area contributed by atoms with Gasteiger partial charge in [-0.3, -0.25) is 4.79 Å². The molecule has 0 saturated heterocycles. The lowest BCUT2D eigenvalue weighted by Crippen LogP contribution is -2.15. The molecular formula is C23H27BrN4O2S. The van der Waals surface area contributed by atoms with E-state index in [1.165, 1.54) is 22.9 Å².